The van der Waals surface area contributed by atoms with Gasteiger partial charge < -0.3 is 15.7 Å². The van der Waals surface area contributed by atoms with Crippen LogP contribution in [-0.2, 0) is 4.79 Å². The summed E-state index contributed by atoms with van der Waals surface area (Å²) in [6, 6.07) is 4.94. The molecule has 1 aliphatic heterocycles. The highest BCUT2D eigenvalue weighted by molar-refractivity contribution is 5.96. The molecule has 2 rings (SSSR count). The van der Waals surface area contributed by atoms with Crippen molar-refractivity contribution in [1.82, 2.24) is 5.32 Å². The summed E-state index contributed by atoms with van der Waals surface area (Å²) >= 11 is 0. The van der Waals surface area contributed by atoms with Crippen LogP contribution in [0.4, 0.5) is 5.69 Å². The van der Waals surface area contributed by atoms with Gasteiger partial charge in [-0.15, -0.1) is 0 Å². The van der Waals surface area contributed by atoms with Crippen LogP contribution in [0.25, 0.3) is 0 Å². The molecule has 1 saturated heterocycles. The molecule has 19 heavy (non-hydrogen) atoms. The Kier molecular flexibility index (Phi) is 3.85. The summed E-state index contributed by atoms with van der Waals surface area (Å²) in [6.07, 6.45) is 0. The molecule has 3 N–H and O–H groups in total. The monoisotopic (exact) mass is 262 g/mol. The highest BCUT2D eigenvalue weighted by atomic mass is 16.4. The lowest BCUT2D eigenvalue weighted by molar-refractivity contribution is -0.120. The Balaban J connectivity index is 2.13. The molecule has 0 unspecified atom stereocenters. The van der Waals surface area contributed by atoms with Gasteiger partial charge in [0.1, 0.15) is 0 Å². The van der Waals surface area contributed by atoms with E-state index in [0.29, 0.717) is 23.7 Å². The van der Waals surface area contributed by atoms with Gasteiger partial charge in [-0.3, -0.25) is 4.79 Å². The van der Waals surface area contributed by atoms with Crippen molar-refractivity contribution in [2.75, 3.05) is 18.4 Å². The molecule has 102 valence electrons. The zero-order chi connectivity index (χ0) is 14.0. The maximum atomic E-state index is 12.1. The van der Waals surface area contributed by atoms with E-state index in [0.717, 1.165) is 6.54 Å². The van der Waals surface area contributed by atoms with Crippen molar-refractivity contribution in [1.29, 1.82) is 0 Å². The van der Waals surface area contributed by atoms with Gasteiger partial charge in [0.2, 0.25) is 5.91 Å². The zero-order valence-corrected chi connectivity index (χ0v) is 11.1. The summed E-state index contributed by atoms with van der Waals surface area (Å²) in [4.78, 5) is 23.1. The Hall–Kier alpha value is -1.88. The maximum absolute atomic E-state index is 12.1. The van der Waals surface area contributed by atoms with Crippen LogP contribution in [0.5, 0.6) is 0 Å². The average molecular weight is 262 g/mol. The number of nitrogens with one attached hydrogen (secondary N) is 2. The van der Waals surface area contributed by atoms with E-state index in [4.69, 9.17) is 5.11 Å². The lowest BCUT2D eigenvalue weighted by atomic mass is 9.97. The maximum Gasteiger partial charge on any atom is 0.336 e. The van der Waals surface area contributed by atoms with Crippen molar-refractivity contribution >= 4 is 17.6 Å². The first-order chi connectivity index (χ1) is 8.99. The number of carbonyl (C=O) groups excluding carboxylic acids is 1. The molecule has 1 fully saturated rings. The molecule has 1 aromatic carbocycles. The highest BCUT2D eigenvalue weighted by Gasteiger charge is 2.29. The number of rotatable bonds is 3. The highest BCUT2D eigenvalue weighted by Crippen LogP contribution is 2.20. The van der Waals surface area contributed by atoms with Crippen molar-refractivity contribution in [3.8, 4) is 0 Å². The van der Waals surface area contributed by atoms with E-state index in [1.165, 1.54) is 6.07 Å². The van der Waals surface area contributed by atoms with Crippen LogP contribution in [0, 0.1) is 18.8 Å². The Bertz CT molecular complexity index is 513. The third-order valence-corrected chi connectivity index (χ3v) is 3.59. The minimum Gasteiger partial charge on any atom is -0.478 e. The molecule has 1 aromatic rings. The smallest absolute Gasteiger partial charge is 0.336 e. The van der Waals surface area contributed by atoms with Crippen molar-refractivity contribution in [3.63, 3.8) is 0 Å². The van der Waals surface area contributed by atoms with Gasteiger partial charge in [0.25, 0.3) is 0 Å². The molecule has 0 saturated carbocycles. The van der Waals surface area contributed by atoms with Gasteiger partial charge >= 0.3 is 5.97 Å². The molecule has 1 amide bonds. The quantitative estimate of drug-likeness (QED) is 0.771. The molecule has 2 atom stereocenters. The standard InChI is InChI=1S/C14H18N2O3/c1-8-3-4-10(5-11(8)14(18)19)16-13(17)12-7-15-6-9(12)2/h3-5,9,12,15H,6-7H2,1-2H3,(H,16,17)(H,18,19)/t9-,12-/m1/s1. The number of carboxylic acid groups (broad SMARTS) is 1. The van der Waals surface area contributed by atoms with Gasteiger partial charge in [-0.05, 0) is 37.1 Å². The Morgan fingerprint density at radius 2 is 2.11 bits per heavy atom. The van der Waals surface area contributed by atoms with Gasteiger partial charge in [-0.25, -0.2) is 4.79 Å². The lowest BCUT2D eigenvalue weighted by Gasteiger charge is -2.14. The summed E-state index contributed by atoms with van der Waals surface area (Å²) in [5, 5.41) is 15.0. The SMILES string of the molecule is Cc1ccc(NC(=O)[C@@H]2CNC[C@H]2C)cc1C(=O)O. The number of hydrogen-bond acceptors (Lipinski definition) is 3. The topological polar surface area (TPSA) is 78.4 Å². The van der Waals surface area contributed by atoms with Gasteiger partial charge in [-0.2, -0.15) is 0 Å². The minimum atomic E-state index is -0.982. The molecule has 1 aliphatic rings. The summed E-state index contributed by atoms with van der Waals surface area (Å²) in [5.41, 5.74) is 1.43. The predicted molar refractivity (Wildman–Crippen MR) is 72.3 cm³/mol. The largest absolute Gasteiger partial charge is 0.478 e. The minimum absolute atomic E-state index is 0.0577. The number of benzene rings is 1. The van der Waals surface area contributed by atoms with Crippen LogP contribution in [0.15, 0.2) is 18.2 Å². The van der Waals surface area contributed by atoms with Crippen LogP contribution in [0.1, 0.15) is 22.8 Å². The fourth-order valence-corrected chi connectivity index (χ4v) is 2.33. The third kappa shape index (κ3) is 2.93. The van der Waals surface area contributed by atoms with E-state index in [9.17, 15) is 9.59 Å². The molecule has 1 heterocycles. The van der Waals surface area contributed by atoms with Gasteiger partial charge in [-0.1, -0.05) is 13.0 Å². The number of anilines is 1. The Morgan fingerprint density at radius 3 is 2.68 bits per heavy atom. The first kappa shape index (κ1) is 13.5. The second-order valence-electron chi connectivity index (χ2n) is 5.07. The summed E-state index contributed by atoms with van der Waals surface area (Å²) in [5.74, 6) is -0.804. The molecule has 0 spiro atoms. The number of carbonyl (C=O) groups is 2. The van der Waals surface area contributed by atoms with E-state index < -0.39 is 5.97 Å². The number of hydrogen-bond donors (Lipinski definition) is 3. The third-order valence-electron chi connectivity index (χ3n) is 3.59. The Morgan fingerprint density at radius 1 is 1.37 bits per heavy atom. The molecular formula is C14H18N2O3. The van der Waals surface area contributed by atoms with Gasteiger partial charge in [0, 0.05) is 12.2 Å². The van der Waals surface area contributed by atoms with Crippen molar-refractivity contribution in [2.45, 2.75) is 13.8 Å². The zero-order valence-electron chi connectivity index (χ0n) is 11.1. The summed E-state index contributed by atoms with van der Waals surface area (Å²) in [6.45, 7) is 5.27. The second kappa shape index (κ2) is 5.40. The molecule has 5 nitrogen and oxygen atoms in total. The van der Waals surface area contributed by atoms with E-state index in [1.807, 2.05) is 6.92 Å². The van der Waals surface area contributed by atoms with E-state index in [-0.39, 0.29) is 17.4 Å². The first-order valence-electron chi connectivity index (χ1n) is 6.34. The molecule has 5 heteroatoms. The fraction of sp³-hybridized carbons (Fsp3) is 0.429. The van der Waals surface area contributed by atoms with Crippen LogP contribution in [0.2, 0.25) is 0 Å². The van der Waals surface area contributed by atoms with Crippen molar-refractivity contribution in [2.24, 2.45) is 11.8 Å². The number of amides is 1. The summed E-state index contributed by atoms with van der Waals surface area (Å²) in [7, 11) is 0. The molecule has 0 aliphatic carbocycles. The molecular weight excluding hydrogens is 244 g/mol. The van der Waals surface area contributed by atoms with Gasteiger partial charge in [0.05, 0.1) is 11.5 Å². The molecule has 0 radical (unpaired) electrons. The second-order valence-corrected chi connectivity index (χ2v) is 5.07. The number of aryl methyl sites for hydroxylation is 1. The number of aromatic carboxylic acids is 1. The average Bonchev–Trinajstić information content (AvgIpc) is 2.77. The normalized spacial score (nSPS) is 22.2. The fourth-order valence-electron chi connectivity index (χ4n) is 2.33. The van der Waals surface area contributed by atoms with Crippen molar-refractivity contribution in [3.05, 3.63) is 29.3 Å². The molecule has 0 aromatic heterocycles. The number of carboxylic acids is 1. The van der Waals surface area contributed by atoms with E-state index in [2.05, 4.69) is 10.6 Å². The van der Waals surface area contributed by atoms with Crippen LogP contribution < -0.4 is 10.6 Å². The van der Waals surface area contributed by atoms with Crippen LogP contribution >= 0.6 is 0 Å². The van der Waals surface area contributed by atoms with E-state index >= 15 is 0 Å². The lowest BCUT2D eigenvalue weighted by Crippen LogP contribution is -2.27. The molecule has 0 bridgehead atoms. The van der Waals surface area contributed by atoms with Crippen molar-refractivity contribution < 1.29 is 14.7 Å². The van der Waals surface area contributed by atoms with E-state index in [1.54, 1.807) is 19.1 Å². The van der Waals surface area contributed by atoms with Crippen LogP contribution in [0.3, 0.4) is 0 Å². The Labute approximate surface area is 112 Å². The van der Waals surface area contributed by atoms with Gasteiger partial charge in [0.15, 0.2) is 0 Å². The predicted octanol–water partition coefficient (Wildman–Crippen LogP) is 1.49. The van der Waals surface area contributed by atoms with Crippen LogP contribution in [-0.4, -0.2) is 30.1 Å². The first-order valence-corrected chi connectivity index (χ1v) is 6.34. The summed E-state index contributed by atoms with van der Waals surface area (Å²) < 4.78 is 0.